The van der Waals surface area contributed by atoms with Crippen LogP contribution in [-0.4, -0.2) is 34.9 Å². The van der Waals surface area contributed by atoms with Crippen molar-refractivity contribution >= 4 is 0 Å². The van der Waals surface area contributed by atoms with E-state index in [4.69, 9.17) is 37.9 Å². The van der Waals surface area contributed by atoms with Crippen molar-refractivity contribution in [3.8, 4) is 51.7 Å². The van der Waals surface area contributed by atoms with Crippen LogP contribution in [0.1, 0.15) is 11.1 Å². The molecular formula is C19H20O8. The molecular weight excluding hydrogens is 356 g/mol. The first kappa shape index (κ1) is 17.3. The third-order valence-corrected chi connectivity index (χ3v) is 4.49. The Morgan fingerprint density at radius 1 is 0.667 bits per heavy atom. The minimum atomic E-state index is 0.0823. The maximum atomic E-state index is 6.22. The smallest absolute Gasteiger partial charge is 0.231 e. The van der Waals surface area contributed by atoms with E-state index in [-0.39, 0.29) is 13.6 Å². The normalized spacial score (nSPS) is 13.5. The number of fused-ring (bicyclic) bond motifs is 2. The Morgan fingerprint density at radius 2 is 1.19 bits per heavy atom. The van der Waals surface area contributed by atoms with Crippen LogP contribution >= 0.6 is 0 Å². The molecule has 4 rings (SSSR count). The van der Waals surface area contributed by atoms with Gasteiger partial charge in [-0.15, -0.1) is 0 Å². The fourth-order valence-corrected chi connectivity index (χ4v) is 3.29. The summed E-state index contributed by atoms with van der Waals surface area (Å²) in [6.07, 6.45) is 0. The Morgan fingerprint density at radius 3 is 1.78 bits per heavy atom. The first-order chi connectivity index (χ1) is 13.1. The third-order valence-electron chi connectivity index (χ3n) is 4.49. The lowest BCUT2D eigenvalue weighted by molar-refractivity contribution is 0.167. The molecule has 0 aromatic heterocycles. The summed E-state index contributed by atoms with van der Waals surface area (Å²) in [6, 6.07) is 1.82. The SMILES string of the molecule is COc1c(C)cc(Oc2c(C)c(OC)c3c(c2OC)OCO3)c2c1OCO2. The molecule has 144 valence electrons. The van der Waals surface area contributed by atoms with Crippen LogP contribution in [0.25, 0.3) is 0 Å². The topological polar surface area (TPSA) is 73.8 Å². The summed E-state index contributed by atoms with van der Waals surface area (Å²) in [5.74, 6) is 4.39. The van der Waals surface area contributed by atoms with E-state index in [0.29, 0.717) is 57.3 Å². The van der Waals surface area contributed by atoms with Crippen LogP contribution in [0.3, 0.4) is 0 Å². The van der Waals surface area contributed by atoms with Crippen LogP contribution in [0, 0.1) is 13.8 Å². The molecule has 8 heteroatoms. The summed E-state index contributed by atoms with van der Waals surface area (Å²) < 4.78 is 45.0. The van der Waals surface area contributed by atoms with Crippen LogP contribution in [0.4, 0.5) is 0 Å². The van der Waals surface area contributed by atoms with Crippen molar-refractivity contribution in [2.75, 3.05) is 34.9 Å². The van der Waals surface area contributed by atoms with E-state index in [1.807, 2.05) is 19.9 Å². The summed E-state index contributed by atoms with van der Waals surface area (Å²) in [7, 11) is 4.69. The summed E-state index contributed by atoms with van der Waals surface area (Å²) >= 11 is 0. The fraction of sp³-hybridized carbons (Fsp3) is 0.368. The molecule has 2 heterocycles. The molecule has 0 aliphatic carbocycles. The van der Waals surface area contributed by atoms with Gasteiger partial charge in [0.15, 0.2) is 23.0 Å². The summed E-state index contributed by atoms with van der Waals surface area (Å²) in [6.45, 7) is 3.93. The molecule has 0 saturated heterocycles. The molecule has 2 aliphatic heterocycles. The summed E-state index contributed by atoms with van der Waals surface area (Å²) in [5, 5.41) is 0. The van der Waals surface area contributed by atoms with Gasteiger partial charge in [0.25, 0.3) is 0 Å². The maximum Gasteiger partial charge on any atom is 0.231 e. The number of ether oxygens (including phenoxy) is 8. The Kier molecular flexibility index (Phi) is 4.18. The van der Waals surface area contributed by atoms with Crippen LogP contribution in [-0.2, 0) is 0 Å². The Balaban J connectivity index is 1.87. The average Bonchev–Trinajstić information content (AvgIpc) is 3.32. The standard InChI is InChI=1S/C19H20O8/c1-9-6-11(15-17(12(9)20-3)24-7-23-15)27-14-10(2)13(21-4)18-19(16(14)22-5)26-8-25-18/h6H,7-8H2,1-5H3. The highest BCUT2D eigenvalue weighted by Crippen LogP contribution is 2.58. The largest absolute Gasteiger partial charge is 0.492 e. The first-order valence-corrected chi connectivity index (χ1v) is 8.29. The zero-order valence-electron chi connectivity index (χ0n) is 15.8. The molecule has 0 unspecified atom stereocenters. The zero-order chi connectivity index (χ0) is 19.1. The van der Waals surface area contributed by atoms with Gasteiger partial charge in [-0.25, -0.2) is 0 Å². The lowest BCUT2D eigenvalue weighted by Gasteiger charge is -2.19. The predicted octanol–water partition coefficient (Wildman–Crippen LogP) is 3.58. The molecule has 0 atom stereocenters. The number of benzene rings is 2. The van der Waals surface area contributed by atoms with Crippen molar-refractivity contribution < 1.29 is 37.9 Å². The Labute approximate surface area is 156 Å². The van der Waals surface area contributed by atoms with Gasteiger partial charge >= 0.3 is 0 Å². The molecule has 0 fully saturated rings. The van der Waals surface area contributed by atoms with Crippen molar-refractivity contribution in [1.29, 1.82) is 0 Å². The zero-order valence-corrected chi connectivity index (χ0v) is 15.8. The number of hydrogen-bond acceptors (Lipinski definition) is 8. The second kappa shape index (κ2) is 6.53. The van der Waals surface area contributed by atoms with E-state index in [2.05, 4.69) is 0 Å². The van der Waals surface area contributed by atoms with Gasteiger partial charge in [0, 0.05) is 5.56 Å². The van der Waals surface area contributed by atoms with Gasteiger partial charge in [-0.3, -0.25) is 0 Å². The van der Waals surface area contributed by atoms with Crippen molar-refractivity contribution in [3.63, 3.8) is 0 Å². The number of aryl methyl sites for hydroxylation is 1. The molecule has 2 aromatic rings. The fourth-order valence-electron chi connectivity index (χ4n) is 3.29. The number of rotatable bonds is 5. The van der Waals surface area contributed by atoms with Crippen LogP contribution in [0.15, 0.2) is 6.07 Å². The van der Waals surface area contributed by atoms with Crippen LogP contribution in [0.5, 0.6) is 51.7 Å². The van der Waals surface area contributed by atoms with E-state index in [1.165, 1.54) is 0 Å². The minimum Gasteiger partial charge on any atom is -0.492 e. The maximum absolute atomic E-state index is 6.22. The lowest BCUT2D eigenvalue weighted by atomic mass is 10.1. The highest BCUT2D eigenvalue weighted by molar-refractivity contribution is 5.72. The van der Waals surface area contributed by atoms with Gasteiger partial charge in [-0.05, 0) is 25.5 Å². The molecule has 0 saturated carbocycles. The summed E-state index contributed by atoms with van der Waals surface area (Å²) in [4.78, 5) is 0. The third kappa shape index (κ3) is 2.51. The summed E-state index contributed by atoms with van der Waals surface area (Å²) in [5.41, 5.74) is 1.56. The van der Waals surface area contributed by atoms with E-state index >= 15 is 0 Å². The van der Waals surface area contributed by atoms with Gasteiger partial charge < -0.3 is 37.9 Å². The molecule has 0 amide bonds. The molecule has 8 nitrogen and oxygen atoms in total. The second-order valence-corrected chi connectivity index (χ2v) is 5.98. The van der Waals surface area contributed by atoms with E-state index in [9.17, 15) is 0 Å². The lowest BCUT2D eigenvalue weighted by Crippen LogP contribution is -1.99. The number of hydrogen-bond donors (Lipinski definition) is 0. The molecule has 0 radical (unpaired) electrons. The number of methoxy groups -OCH3 is 3. The van der Waals surface area contributed by atoms with Crippen molar-refractivity contribution in [3.05, 3.63) is 17.2 Å². The van der Waals surface area contributed by atoms with Gasteiger partial charge in [0.05, 0.1) is 21.3 Å². The van der Waals surface area contributed by atoms with Crippen molar-refractivity contribution in [1.82, 2.24) is 0 Å². The Bertz CT molecular complexity index is 906. The second-order valence-electron chi connectivity index (χ2n) is 5.98. The molecule has 2 aliphatic rings. The molecule has 27 heavy (non-hydrogen) atoms. The van der Waals surface area contributed by atoms with E-state index in [1.54, 1.807) is 21.3 Å². The van der Waals surface area contributed by atoms with Crippen LogP contribution in [0.2, 0.25) is 0 Å². The molecule has 2 aromatic carbocycles. The van der Waals surface area contributed by atoms with Crippen LogP contribution < -0.4 is 37.9 Å². The van der Waals surface area contributed by atoms with E-state index in [0.717, 1.165) is 5.56 Å². The Hall–Kier alpha value is -3.16. The highest BCUT2D eigenvalue weighted by atomic mass is 16.7. The highest BCUT2D eigenvalue weighted by Gasteiger charge is 2.33. The van der Waals surface area contributed by atoms with Gasteiger partial charge in [0.2, 0.25) is 42.3 Å². The quantitative estimate of drug-likeness (QED) is 0.784. The molecule has 0 bridgehead atoms. The predicted molar refractivity (Wildman–Crippen MR) is 94.3 cm³/mol. The van der Waals surface area contributed by atoms with Crippen molar-refractivity contribution in [2.45, 2.75) is 13.8 Å². The molecule has 0 N–H and O–H groups in total. The molecule has 0 spiro atoms. The van der Waals surface area contributed by atoms with Gasteiger partial charge in [-0.2, -0.15) is 0 Å². The average molecular weight is 376 g/mol. The first-order valence-electron chi connectivity index (χ1n) is 8.29. The van der Waals surface area contributed by atoms with Crippen molar-refractivity contribution in [2.24, 2.45) is 0 Å². The van der Waals surface area contributed by atoms with Gasteiger partial charge in [-0.1, -0.05) is 0 Å². The van der Waals surface area contributed by atoms with Gasteiger partial charge in [0.1, 0.15) is 0 Å². The van der Waals surface area contributed by atoms with E-state index < -0.39 is 0 Å². The monoisotopic (exact) mass is 376 g/mol. The minimum absolute atomic E-state index is 0.0823.